The summed E-state index contributed by atoms with van der Waals surface area (Å²) >= 11 is 0. The van der Waals surface area contributed by atoms with Crippen LogP contribution in [0, 0.1) is 0 Å². The molecule has 3 N–H and O–H groups in total. The van der Waals surface area contributed by atoms with Gasteiger partial charge >= 0.3 is 6.09 Å². The molecule has 3 amide bonds. The van der Waals surface area contributed by atoms with Gasteiger partial charge in [0.2, 0.25) is 0 Å². The Morgan fingerprint density at radius 2 is 1.69 bits per heavy atom. The molecule has 1 aromatic rings. The van der Waals surface area contributed by atoms with Crippen LogP contribution in [0.25, 0.3) is 0 Å². The van der Waals surface area contributed by atoms with E-state index in [0.29, 0.717) is 30.6 Å². The topological polar surface area (TPSA) is 116 Å². The minimum absolute atomic E-state index is 0.236. The van der Waals surface area contributed by atoms with Crippen molar-refractivity contribution in [3.63, 3.8) is 0 Å². The number of aliphatic hydroxyl groups excluding tert-OH is 2. The zero-order valence-corrected chi connectivity index (χ0v) is 14.5. The molecule has 0 spiro atoms. The molecule has 0 saturated heterocycles. The standard InChI is InChI=1S/C18H24N2O6/c21-11-13(22)12-26-18(25)19-9-5-1-2-6-10-20-16(23)14-7-3-4-8-15(14)17(20)24/h3-4,7-8,13,21-22H,1-2,5-6,9-12H2,(H,19,25). The summed E-state index contributed by atoms with van der Waals surface area (Å²) in [6.07, 6.45) is 1.40. The minimum Gasteiger partial charge on any atom is -0.447 e. The van der Waals surface area contributed by atoms with Gasteiger partial charge in [-0.25, -0.2) is 4.79 Å². The van der Waals surface area contributed by atoms with Gasteiger partial charge in [-0.15, -0.1) is 0 Å². The first kappa shape index (κ1) is 19.9. The quantitative estimate of drug-likeness (QED) is 0.420. The van der Waals surface area contributed by atoms with E-state index >= 15 is 0 Å². The Labute approximate surface area is 151 Å². The van der Waals surface area contributed by atoms with Gasteiger partial charge in [-0.2, -0.15) is 0 Å². The van der Waals surface area contributed by atoms with E-state index in [1.54, 1.807) is 24.3 Å². The van der Waals surface area contributed by atoms with Crippen LogP contribution in [0.5, 0.6) is 0 Å². The van der Waals surface area contributed by atoms with Gasteiger partial charge in [-0.1, -0.05) is 25.0 Å². The molecule has 2 rings (SSSR count). The largest absolute Gasteiger partial charge is 0.447 e. The van der Waals surface area contributed by atoms with Gasteiger partial charge in [-0.05, 0) is 25.0 Å². The first-order valence-electron chi connectivity index (χ1n) is 8.69. The van der Waals surface area contributed by atoms with Crippen LogP contribution in [0.3, 0.4) is 0 Å². The summed E-state index contributed by atoms with van der Waals surface area (Å²) < 4.78 is 4.70. The van der Waals surface area contributed by atoms with E-state index in [9.17, 15) is 14.4 Å². The molecule has 0 saturated carbocycles. The minimum atomic E-state index is -1.07. The number of unbranched alkanes of at least 4 members (excludes halogenated alkanes) is 3. The van der Waals surface area contributed by atoms with Crippen molar-refractivity contribution in [3.8, 4) is 0 Å². The number of alkyl carbamates (subject to hydrolysis) is 1. The Hall–Kier alpha value is -2.45. The van der Waals surface area contributed by atoms with Crippen molar-refractivity contribution in [2.75, 3.05) is 26.3 Å². The number of hydrogen-bond acceptors (Lipinski definition) is 6. The number of amides is 3. The van der Waals surface area contributed by atoms with Gasteiger partial charge in [0.25, 0.3) is 11.8 Å². The van der Waals surface area contributed by atoms with Crippen LogP contribution < -0.4 is 5.32 Å². The molecule has 8 nitrogen and oxygen atoms in total. The van der Waals surface area contributed by atoms with Gasteiger partial charge in [0.1, 0.15) is 12.7 Å². The molecule has 0 radical (unpaired) electrons. The summed E-state index contributed by atoms with van der Waals surface area (Å²) in [4.78, 5) is 37.0. The number of benzene rings is 1. The summed E-state index contributed by atoms with van der Waals surface area (Å²) in [5.41, 5.74) is 0.929. The molecule has 1 unspecified atom stereocenters. The van der Waals surface area contributed by atoms with E-state index in [1.807, 2.05) is 0 Å². The first-order chi connectivity index (χ1) is 12.5. The fourth-order valence-corrected chi connectivity index (χ4v) is 2.66. The smallest absolute Gasteiger partial charge is 0.407 e. The highest BCUT2D eigenvalue weighted by Crippen LogP contribution is 2.22. The summed E-state index contributed by atoms with van der Waals surface area (Å²) in [5.74, 6) is -0.472. The van der Waals surface area contributed by atoms with Crippen molar-refractivity contribution in [2.24, 2.45) is 0 Å². The fourth-order valence-electron chi connectivity index (χ4n) is 2.66. The number of ether oxygens (including phenoxy) is 1. The van der Waals surface area contributed by atoms with E-state index in [4.69, 9.17) is 14.9 Å². The summed E-state index contributed by atoms with van der Waals surface area (Å²) in [6, 6.07) is 6.83. The summed E-state index contributed by atoms with van der Waals surface area (Å²) in [6.45, 7) is 0.116. The molecule has 0 aliphatic carbocycles. The molecular formula is C18H24N2O6. The van der Waals surface area contributed by atoms with Crippen molar-refractivity contribution < 1.29 is 29.3 Å². The maximum atomic E-state index is 12.2. The molecule has 0 bridgehead atoms. The number of hydrogen-bond donors (Lipinski definition) is 3. The highest BCUT2D eigenvalue weighted by molar-refractivity contribution is 6.21. The van der Waals surface area contributed by atoms with Crippen molar-refractivity contribution in [1.82, 2.24) is 10.2 Å². The van der Waals surface area contributed by atoms with E-state index in [1.165, 1.54) is 4.90 Å². The molecule has 1 aromatic carbocycles. The third-order valence-electron chi connectivity index (χ3n) is 4.07. The number of carbonyl (C=O) groups is 3. The van der Waals surface area contributed by atoms with E-state index in [0.717, 1.165) is 19.3 Å². The maximum absolute atomic E-state index is 12.2. The zero-order chi connectivity index (χ0) is 18.9. The second kappa shape index (κ2) is 9.88. The van der Waals surface area contributed by atoms with Crippen LogP contribution in [-0.2, 0) is 4.74 Å². The first-order valence-corrected chi connectivity index (χ1v) is 8.69. The highest BCUT2D eigenvalue weighted by atomic mass is 16.6. The van der Waals surface area contributed by atoms with Crippen LogP contribution in [0.2, 0.25) is 0 Å². The molecule has 1 aliphatic heterocycles. The Bertz CT molecular complexity index is 613. The predicted octanol–water partition coefficient (Wildman–Crippen LogP) is 0.922. The molecule has 1 heterocycles. The number of nitrogens with zero attached hydrogens (tertiary/aromatic N) is 1. The van der Waals surface area contributed by atoms with E-state index < -0.39 is 18.8 Å². The summed E-state index contributed by atoms with van der Waals surface area (Å²) in [5, 5.41) is 20.2. The third kappa shape index (κ3) is 5.27. The van der Waals surface area contributed by atoms with Crippen LogP contribution in [0.1, 0.15) is 46.4 Å². The van der Waals surface area contributed by atoms with Crippen LogP contribution in [-0.4, -0.2) is 65.4 Å². The second-order valence-electron chi connectivity index (χ2n) is 6.08. The van der Waals surface area contributed by atoms with Crippen LogP contribution in [0.4, 0.5) is 4.79 Å². The number of carbonyl (C=O) groups excluding carboxylic acids is 3. The number of rotatable bonds is 10. The van der Waals surface area contributed by atoms with Gasteiger partial charge in [0.05, 0.1) is 17.7 Å². The van der Waals surface area contributed by atoms with Crippen molar-refractivity contribution in [3.05, 3.63) is 35.4 Å². The molecule has 1 atom stereocenters. The molecular weight excluding hydrogens is 340 g/mol. The second-order valence-corrected chi connectivity index (χ2v) is 6.08. The molecule has 1 aliphatic rings. The van der Waals surface area contributed by atoms with Crippen molar-refractivity contribution >= 4 is 17.9 Å². The fraction of sp³-hybridized carbons (Fsp3) is 0.500. The van der Waals surface area contributed by atoms with Crippen LogP contribution >= 0.6 is 0 Å². The van der Waals surface area contributed by atoms with Gasteiger partial charge < -0.3 is 20.3 Å². The highest BCUT2D eigenvalue weighted by Gasteiger charge is 2.34. The maximum Gasteiger partial charge on any atom is 0.407 e. The van der Waals surface area contributed by atoms with Gasteiger partial charge in [0, 0.05) is 13.1 Å². The van der Waals surface area contributed by atoms with E-state index in [-0.39, 0.29) is 18.4 Å². The van der Waals surface area contributed by atoms with Gasteiger partial charge in [0.15, 0.2) is 0 Å². The monoisotopic (exact) mass is 364 g/mol. The Kier molecular flexibility index (Phi) is 7.55. The SMILES string of the molecule is O=C(NCCCCCCN1C(=O)c2ccccc2C1=O)OCC(O)CO. The molecule has 0 fully saturated rings. The van der Waals surface area contributed by atoms with Crippen LogP contribution in [0.15, 0.2) is 24.3 Å². The lowest BCUT2D eigenvalue weighted by Gasteiger charge is -2.13. The Balaban J connectivity index is 1.56. The number of aliphatic hydroxyl groups is 2. The number of imide groups is 1. The number of nitrogens with one attached hydrogen (secondary N) is 1. The number of fused-ring (bicyclic) bond motifs is 1. The summed E-state index contributed by atoms with van der Waals surface area (Å²) in [7, 11) is 0. The molecule has 8 heteroatoms. The predicted molar refractivity (Wildman–Crippen MR) is 92.7 cm³/mol. The lowest BCUT2D eigenvalue weighted by atomic mass is 10.1. The average Bonchev–Trinajstić information content (AvgIpc) is 2.90. The lowest BCUT2D eigenvalue weighted by Crippen LogP contribution is -2.31. The lowest BCUT2D eigenvalue weighted by molar-refractivity contribution is 0.0321. The van der Waals surface area contributed by atoms with Crippen molar-refractivity contribution in [1.29, 1.82) is 0 Å². The van der Waals surface area contributed by atoms with Crippen molar-refractivity contribution in [2.45, 2.75) is 31.8 Å². The van der Waals surface area contributed by atoms with E-state index in [2.05, 4.69) is 5.32 Å². The molecule has 142 valence electrons. The Morgan fingerprint density at radius 1 is 1.08 bits per heavy atom. The third-order valence-corrected chi connectivity index (χ3v) is 4.07. The molecule has 26 heavy (non-hydrogen) atoms. The van der Waals surface area contributed by atoms with Gasteiger partial charge in [-0.3, -0.25) is 14.5 Å². The average molecular weight is 364 g/mol. The molecule has 0 aromatic heterocycles. The zero-order valence-electron chi connectivity index (χ0n) is 14.5. The Morgan fingerprint density at radius 3 is 2.31 bits per heavy atom. The normalized spacial score (nSPS) is 14.3.